The molecule has 0 aliphatic rings. The smallest absolute Gasteiger partial charge is 0.265 e. The van der Waals surface area contributed by atoms with E-state index in [-0.39, 0.29) is 25.8 Å². The van der Waals surface area contributed by atoms with E-state index in [1.807, 2.05) is 0 Å². The summed E-state index contributed by atoms with van der Waals surface area (Å²) < 4.78 is 27.3. The van der Waals surface area contributed by atoms with Crippen LogP contribution in [0.1, 0.15) is 0 Å². The molecule has 0 radical (unpaired) electrons. The molecule has 0 spiro atoms. The number of nitrogens with two attached hydrogens (primary N) is 1. The monoisotopic (exact) mass is 401 g/mol. The number of aromatic nitrogens is 1. The van der Waals surface area contributed by atoms with Gasteiger partial charge >= 0.3 is 0 Å². The van der Waals surface area contributed by atoms with Crippen molar-refractivity contribution in [2.45, 2.75) is 4.90 Å². The van der Waals surface area contributed by atoms with Crippen LogP contribution in [0.2, 0.25) is 10.0 Å². The first-order valence-corrected chi connectivity index (χ1v) is 8.54. The Balaban J connectivity index is 2.43. The van der Waals surface area contributed by atoms with Crippen LogP contribution in [-0.4, -0.2) is 13.4 Å². The Kier molecular flexibility index (Phi) is 4.26. The van der Waals surface area contributed by atoms with Crippen LogP contribution in [0.3, 0.4) is 0 Å². The van der Waals surface area contributed by atoms with Crippen molar-refractivity contribution >= 4 is 71.3 Å². The zero-order valence-electron chi connectivity index (χ0n) is 9.02. The molecule has 0 saturated carbocycles. The summed E-state index contributed by atoms with van der Waals surface area (Å²) >= 11 is 16.0. The number of sulfonamides is 1. The third-order valence-corrected chi connectivity index (χ3v) is 5.83. The fourth-order valence-corrected chi connectivity index (χ4v) is 4.34. The van der Waals surface area contributed by atoms with Gasteiger partial charge in [0.2, 0.25) is 0 Å². The highest BCUT2D eigenvalue weighted by molar-refractivity contribution is 9.11. The van der Waals surface area contributed by atoms with E-state index in [1.165, 1.54) is 18.3 Å². The molecule has 2 aromatic rings. The highest BCUT2D eigenvalue weighted by atomic mass is 79.9. The summed E-state index contributed by atoms with van der Waals surface area (Å²) in [5.74, 6) is 0. The number of anilines is 2. The van der Waals surface area contributed by atoms with Gasteiger partial charge in [-0.2, -0.15) is 0 Å². The summed E-state index contributed by atoms with van der Waals surface area (Å²) in [5, 5.41) is 0.299. The first-order chi connectivity index (χ1) is 8.81. The van der Waals surface area contributed by atoms with Gasteiger partial charge in [-0.15, -0.1) is 0 Å². The Bertz CT molecular complexity index is 733. The molecular formula is C9H6BrCl2N3O2S2. The van der Waals surface area contributed by atoms with Gasteiger partial charge in [0, 0.05) is 0 Å². The number of nitrogen functional groups attached to an aromatic ring is 1. The van der Waals surface area contributed by atoms with E-state index in [9.17, 15) is 8.42 Å². The van der Waals surface area contributed by atoms with Crippen LogP contribution >= 0.6 is 50.5 Å². The normalized spacial score (nSPS) is 11.5. The maximum atomic E-state index is 12.2. The van der Waals surface area contributed by atoms with Gasteiger partial charge in [0.1, 0.15) is 4.90 Å². The lowest BCUT2D eigenvalue weighted by molar-refractivity contribution is 0.601. The molecule has 0 aliphatic heterocycles. The lowest BCUT2D eigenvalue weighted by atomic mass is 10.3. The number of hydrogen-bond acceptors (Lipinski definition) is 5. The first kappa shape index (κ1) is 14.9. The van der Waals surface area contributed by atoms with Crippen LogP contribution in [0.5, 0.6) is 0 Å². The Morgan fingerprint density at radius 2 is 2.05 bits per heavy atom. The molecule has 1 aromatic heterocycles. The SMILES string of the molecule is Nc1c(Cl)ccc(S(=O)(=O)Nc2ncc(Br)s2)c1Cl. The summed E-state index contributed by atoms with van der Waals surface area (Å²) in [5.41, 5.74) is 5.62. The maximum absolute atomic E-state index is 12.2. The van der Waals surface area contributed by atoms with Crippen LogP contribution in [0.4, 0.5) is 10.8 Å². The highest BCUT2D eigenvalue weighted by Gasteiger charge is 2.21. The largest absolute Gasteiger partial charge is 0.396 e. The third kappa shape index (κ3) is 3.14. The number of thiazole rings is 1. The predicted molar refractivity (Wildman–Crippen MR) is 81.5 cm³/mol. The Labute approximate surface area is 131 Å². The van der Waals surface area contributed by atoms with Gasteiger partial charge in [-0.25, -0.2) is 13.4 Å². The lowest BCUT2D eigenvalue weighted by Crippen LogP contribution is -2.13. The second kappa shape index (κ2) is 5.45. The molecule has 0 amide bonds. The lowest BCUT2D eigenvalue weighted by Gasteiger charge is -2.09. The number of hydrogen-bond donors (Lipinski definition) is 2. The first-order valence-electron chi connectivity index (χ1n) is 4.69. The molecule has 0 fully saturated rings. The van der Waals surface area contributed by atoms with E-state index < -0.39 is 10.0 Å². The molecule has 0 unspecified atom stereocenters. The van der Waals surface area contributed by atoms with Crippen LogP contribution in [0.25, 0.3) is 0 Å². The van der Waals surface area contributed by atoms with Crippen molar-refractivity contribution in [2.24, 2.45) is 0 Å². The second-order valence-corrected chi connectivity index (χ2v) is 8.19. The van der Waals surface area contributed by atoms with Crippen LogP contribution in [0.15, 0.2) is 27.0 Å². The van der Waals surface area contributed by atoms with Crippen molar-refractivity contribution < 1.29 is 8.42 Å². The molecule has 3 N–H and O–H groups in total. The van der Waals surface area contributed by atoms with E-state index in [2.05, 4.69) is 25.6 Å². The fraction of sp³-hybridized carbons (Fsp3) is 0. The van der Waals surface area contributed by atoms with Gasteiger partial charge in [-0.1, -0.05) is 34.5 Å². The topological polar surface area (TPSA) is 85.1 Å². The molecule has 10 heteroatoms. The van der Waals surface area contributed by atoms with Crippen molar-refractivity contribution in [3.05, 3.63) is 32.2 Å². The standard InChI is InChI=1S/C9H6BrCl2N3O2S2/c10-6-3-14-9(18-6)15-19(16,17)5-2-1-4(11)8(13)7(5)12/h1-3H,13H2,(H,14,15). The van der Waals surface area contributed by atoms with E-state index in [0.29, 0.717) is 3.79 Å². The molecule has 5 nitrogen and oxygen atoms in total. The summed E-state index contributed by atoms with van der Waals surface area (Å²) in [4.78, 5) is 3.73. The second-order valence-electron chi connectivity index (χ2n) is 3.35. The highest BCUT2D eigenvalue weighted by Crippen LogP contribution is 2.34. The van der Waals surface area contributed by atoms with E-state index in [0.717, 1.165) is 11.3 Å². The third-order valence-electron chi connectivity index (χ3n) is 2.08. The molecule has 0 atom stereocenters. The number of nitrogens with one attached hydrogen (secondary N) is 1. The summed E-state index contributed by atoms with van der Waals surface area (Å²) in [7, 11) is -3.86. The number of rotatable bonds is 3. The van der Waals surface area contributed by atoms with Crippen molar-refractivity contribution in [2.75, 3.05) is 10.5 Å². The number of benzene rings is 1. The minimum atomic E-state index is -3.86. The van der Waals surface area contributed by atoms with Gasteiger partial charge in [0.05, 0.1) is 25.7 Å². The molecular weight excluding hydrogens is 397 g/mol. The average molecular weight is 403 g/mol. The number of halogens is 3. The predicted octanol–water partition coefficient (Wildman–Crippen LogP) is 3.60. The van der Waals surface area contributed by atoms with Crippen molar-refractivity contribution in [3.8, 4) is 0 Å². The van der Waals surface area contributed by atoms with E-state index >= 15 is 0 Å². The van der Waals surface area contributed by atoms with Crippen LogP contribution < -0.4 is 10.5 Å². The minimum absolute atomic E-state index is 0.0199. The zero-order valence-corrected chi connectivity index (χ0v) is 13.8. The van der Waals surface area contributed by atoms with Crippen LogP contribution in [-0.2, 0) is 10.0 Å². The van der Waals surface area contributed by atoms with Crippen molar-refractivity contribution in [1.82, 2.24) is 4.98 Å². The van der Waals surface area contributed by atoms with E-state index in [4.69, 9.17) is 28.9 Å². The van der Waals surface area contributed by atoms with Gasteiger partial charge in [-0.05, 0) is 28.1 Å². The quantitative estimate of drug-likeness (QED) is 0.768. The molecule has 19 heavy (non-hydrogen) atoms. The summed E-state index contributed by atoms with van der Waals surface area (Å²) in [6, 6.07) is 2.65. The van der Waals surface area contributed by atoms with Gasteiger partial charge < -0.3 is 5.73 Å². The summed E-state index contributed by atoms with van der Waals surface area (Å²) in [6.07, 6.45) is 1.49. The van der Waals surface area contributed by atoms with Crippen LogP contribution in [0, 0.1) is 0 Å². The van der Waals surface area contributed by atoms with Gasteiger partial charge in [-0.3, -0.25) is 4.72 Å². The fourth-order valence-electron chi connectivity index (χ4n) is 1.23. The Morgan fingerprint density at radius 1 is 1.37 bits per heavy atom. The molecule has 2 rings (SSSR count). The maximum Gasteiger partial charge on any atom is 0.265 e. The molecule has 0 aliphatic carbocycles. The Morgan fingerprint density at radius 3 is 2.63 bits per heavy atom. The molecule has 1 heterocycles. The number of nitrogens with zero attached hydrogens (tertiary/aromatic N) is 1. The van der Waals surface area contributed by atoms with Crippen molar-refractivity contribution in [3.63, 3.8) is 0 Å². The molecule has 102 valence electrons. The molecule has 0 bridgehead atoms. The molecule has 1 aromatic carbocycles. The van der Waals surface area contributed by atoms with E-state index in [1.54, 1.807) is 0 Å². The summed E-state index contributed by atoms with van der Waals surface area (Å²) in [6.45, 7) is 0. The van der Waals surface area contributed by atoms with Gasteiger partial charge in [0.25, 0.3) is 10.0 Å². The minimum Gasteiger partial charge on any atom is -0.396 e. The van der Waals surface area contributed by atoms with Gasteiger partial charge in [0.15, 0.2) is 5.13 Å². The Hall–Kier alpha value is -0.540. The average Bonchev–Trinajstić information content (AvgIpc) is 2.70. The zero-order chi connectivity index (χ0) is 14.2. The van der Waals surface area contributed by atoms with Crippen molar-refractivity contribution in [1.29, 1.82) is 0 Å². The molecule has 0 saturated heterocycles.